The summed E-state index contributed by atoms with van der Waals surface area (Å²) in [6.07, 6.45) is 2.66. The Bertz CT molecular complexity index is 903. The summed E-state index contributed by atoms with van der Waals surface area (Å²) in [5, 5.41) is 18.0. The number of pyridine rings is 1. The third-order valence-electron chi connectivity index (χ3n) is 4.00. The van der Waals surface area contributed by atoms with Crippen LogP contribution in [-0.2, 0) is 4.74 Å². The minimum absolute atomic E-state index is 0.0573. The van der Waals surface area contributed by atoms with Gasteiger partial charge in [0.25, 0.3) is 5.91 Å². The summed E-state index contributed by atoms with van der Waals surface area (Å²) < 4.78 is 7.15. The summed E-state index contributed by atoms with van der Waals surface area (Å²) in [6, 6.07) is 8.97. The van der Waals surface area contributed by atoms with E-state index in [2.05, 4.69) is 15.4 Å². The number of aliphatic hydroxyl groups excluding tert-OH is 1. The van der Waals surface area contributed by atoms with Gasteiger partial charge in [0.15, 0.2) is 5.65 Å². The Morgan fingerprint density at radius 2 is 2.00 bits per heavy atom. The molecule has 1 amide bonds. The fourth-order valence-corrected chi connectivity index (χ4v) is 2.59. The van der Waals surface area contributed by atoms with Crippen LogP contribution in [0.25, 0.3) is 16.7 Å². The first-order valence-corrected chi connectivity index (χ1v) is 8.45. The topological polar surface area (TPSA) is 89.3 Å². The van der Waals surface area contributed by atoms with Gasteiger partial charge in [0.2, 0.25) is 0 Å². The number of carbonyl (C=O) groups excluding carboxylic acids is 1. The minimum atomic E-state index is -0.732. The van der Waals surface area contributed by atoms with Gasteiger partial charge in [0.1, 0.15) is 6.10 Å². The highest BCUT2D eigenvalue weighted by atomic mass is 16.5. The predicted molar refractivity (Wildman–Crippen MR) is 98.3 cm³/mol. The molecule has 0 spiro atoms. The van der Waals surface area contributed by atoms with E-state index < -0.39 is 6.10 Å². The third kappa shape index (κ3) is 3.74. The molecule has 0 saturated heterocycles. The van der Waals surface area contributed by atoms with Crippen LogP contribution in [0.3, 0.4) is 0 Å². The molecule has 3 aromatic rings. The second kappa shape index (κ2) is 7.63. The molecule has 0 unspecified atom stereocenters. The number of hydrogen-bond donors (Lipinski definition) is 2. The van der Waals surface area contributed by atoms with Crippen molar-refractivity contribution in [2.24, 2.45) is 0 Å². The molecule has 0 aliphatic rings. The van der Waals surface area contributed by atoms with Crippen molar-refractivity contribution < 1.29 is 14.6 Å². The van der Waals surface area contributed by atoms with Crippen molar-refractivity contribution >= 4 is 16.9 Å². The summed E-state index contributed by atoms with van der Waals surface area (Å²) in [5.74, 6) is -0.137. The van der Waals surface area contributed by atoms with Gasteiger partial charge in [-0.25, -0.2) is 9.67 Å². The summed E-state index contributed by atoms with van der Waals surface area (Å²) in [6.45, 7) is 4.07. The lowest BCUT2D eigenvalue weighted by Gasteiger charge is -2.13. The van der Waals surface area contributed by atoms with Gasteiger partial charge in [-0.2, -0.15) is 5.10 Å². The van der Waals surface area contributed by atoms with Gasteiger partial charge in [-0.05, 0) is 44.2 Å². The van der Waals surface area contributed by atoms with Crippen LogP contribution in [0.4, 0.5) is 0 Å². The number of carbonyl (C=O) groups is 1. The molecule has 2 N–H and O–H groups in total. The minimum Gasteiger partial charge on any atom is -0.386 e. The highest BCUT2D eigenvalue weighted by molar-refractivity contribution is 5.94. The number of aromatic nitrogens is 3. The number of amides is 1. The van der Waals surface area contributed by atoms with Crippen LogP contribution >= 0.6 is 0 Å². The van der Waals surface area contributed by atoms with Crippen LogP contribution < -0.4 is 5.32 Å². The van der Waals surface area contributed by atoms with E-state index in [9.17, 15) is 9.90 Å². The quantitative estimate of drug-likeness (QED) is 0.709. The zero-order valence-corrected chi connectivity index (χ0v) is 15.0. The van der Waals surface area contributed by atoms with Crippen LogP contribution in [0.1, 0.15) is 35.9 Å². The van der Waals surface area contributed by atoms with Gasteiger partial charge in [-0.1, -0.05) is 0 Å². The van der Waals surface area contributed by atoms with E-state index in [1.165, 1.54) is 0 Å². The van der Waals surface area contributed by atoms with E-state index >= 15 is 0 Å². The van der Waals surface area contributed by atoms with E-state index in [0.29, 0.717) is 16.8 Å². The Labute approximate surface area is 151 Å². The Morgan fingerprint density at radius 1 is 1.27 bits per heavy atom. The number of hydrogen-bond acceptors (Lipinski definition) is 5. The molecule has 2 aromatic heterocycles. The molecule has 0 aliphatic heterocycles. The second-order valence-corrected chi connectivity index (χ2v) is 6.26. The number of aliphatic hydroxyl groups is 1. The Hall–Kier alpha value is -2.77. The number of rotatable bonds is 6. The lowest BCUT2D eigenvalue weighted by molar-refractivity contribution is 0.00486. The van der Waals surface area contributed by atoms with Gasteiger partial charge >= 0.3 is 0 Å². The highest BCUT2D eigenvalue weighted by Crippen LogP contribution is 2.21. The van der Waals surface area contributed by atoms with Crippen LogP contribution in [0, 0.1) is 0 Å². The van der Waals surface area contributed by atoms with E-state index in [1.54, 1.807) is 36.3 Å². The summed E-state index contributed by atoms with van der Waals surface area (Å²) in [5.41, 5.74) is 2.75. The molecule has 7 nitrogen and oxygen atoms in total. The zero-order chi connectivity index (χ0) is 18.7. The molecular formula is C19H22N4O3. The van der Waals surface area contributed by atoms with Crippen molar-refractivity contribution in [1.29, 1.82) is 0 Å². The molecular weight excluding hydrogens is 332 g/mol. The fraction of sp³-hybridized carbons (Fsp3) is 0.316. The van der Waals surface area contributed by atoms with Crippen LogP contribution in [0.2, 0.25) is 0 Å². The molecule has 0 saturated carbocycles. The van der Waals surface area contributed by atoms with E-state index in [4.69, 9.17) is 4.74 Å². The molecule has 0 fully saturated rings. The van der Waals surface area contributed by atoms with Crippen molar-refractivity contribution in [3.8, 4) is 5.69 Å². The third-order valence-corrected chi connectivity index (χ3v) is 4.00. The van der Waals surface area contributed by atoms with Gasteiger partial charge in [-0.15, -0.1) is 0 Å². The molecule has 26 heavy (non-hydrogen) atoms. The SMILES string of the molecule is CNC(=O)c1ccc(-n2ncc3cc([C@H](O)COC(C)C)cnc32)cc1. The zero-order valence-electron chi connectivity index (χ0n) is 15.0. The summed E-state index contributed by atoms with van der Waals surface area (Å²) in [4.78, 5) is 16.1. The first kappa shape index (κ1) is 18.0. The molecule has 136 valence electrons. The lowest BCUT2D eigenvalue weighted by Crippen LogP contribution is -2.17. The Morgan fingerprint density at radius 3 is 2.65 bits per heavy atom. The second-order valence-electron chi connectivity index (χ2n) is 6.26. The largest absolute Gasteiger partial charge is 0.386 e. The van der Waals surface area contributed by atoms with Crippen molar-refractivity contribution in [2.45, 2.75) is 26.1 Å². The molecule has 0 bridgehead atoms. The molecule has 0 aliphatic carbocycles. The molecule has 2 heterocycles. The lowest BCUT2D eigenvalue weighted by atomic mass is 10.1. The average molecular weight is 354 g/mol. The van der Waals surface area contributed by atoms with Crippen LogP contribution in [0.5, 0.6) is 0 Å². The first-order valence-electron chi connectivity index (χ1n) is 8.45. The van der Waals surface area contributed by atoms with Crippen molar-refractivity contribution in [1.82, 2.24) is 20.1 Å². The standard InChI is InChI=1S/C19H22N4O3/c1-12(2)26-11-17(24)14-8-15-10-22-23(18(15)21-9-14)16-6-4-13(5-7-16)19(25)20-3/h4-10,12,17,24H,11H2,1-3H3,(H,20,25)/t17-/m1/s1. The van der Waals surface area contributed by atoms with Crippen LogP contribution in [0.15, 0.2) is 42.7 Å². The molecule has 3 rings (SSSR count). The number of nitrogens with zero attached hydrogens (tertiary/aromatic N) is 3. The monoisotopic (exact) mass is 354 g/mol. The molecule has 1 aromatic carbocycles. The number of nitrogens with one attached hydrogen (secondary N) is 1. The summed E-state index contributed by atoms with van der Waals surface area (Å²) in [7, 11) is 1.60. The van der Waals surface area contributed by atoms with Crippen molar-refractivity contribution in [2.75, 3.05) is 13.7 Å². The smallest absolute Gasteiger partial charge is 0.251 e. The fourth-order valence-electron chi connectivity index (χ4n) is 2.59. The molecule has 1 atom stereocenters. The highest BCUT2D eigenvalue weighted by Gasteiger charge is 2.13. The normalized spacial score (nSPS) is 12.5. The van der Waals surface area contributed by atoms with Gasteiger partial charge in [0.05, 0.1) is 24.6 Å². The number of ether oxygens (including phenoxy) is 1. The van der Waals surface area contributed by atoms with E-state index in [-0.39, 0.29) is 18.6 Å². The molecule has 0 radical (unpaired) electrons. The maximum Gasteiger partial charge on any atom is 0.251 e. The maximum atomic E-state index is 11.6. The number of benzene rings is 1. The van der Waals surface area contributed by atoms with Gasteiger partial charge in [-0.3, -0.25) is 4.79 Å². The average Bonchev–Trinajstić information content (AvgIpc) is 3.08. The van der Waals surface area contributed by atoms with Crippen LogP contribution in [-0.4, -0.2) is 45.5 Å². The van der Waals surface area contributed by atoms with E-state index in [0.717, 1.165) is 11.1 Å². The Kier molecular flexibility index (Phi) is 5.29. The van der Waals surface area contributed by atoms with Gasteiger partial charge in [0, 0.05) is 29.8 Å². The van der Waals surface area contributed by atoms with Crippen molar-refractivity contribution in [3.05, 3.63) is 53.9 Å². The summed E-state index contributed by atoms with van der Waals surface area (Å²) >= 11 is 0. The molecule has 7 heteroatoms. The first-order chi connectivity index (χ1) is 12.5. The Balaban J connectivity index is 1.86. The maximum absolute atomic E-state index is 11.6. The van der Waals surface area contributed by atoms with E-state index in [1.807, 2.05) is 32.0 Å². The number of fused-ring (bicyclic) bond motifs is 1. The van der Waals surface area contributed by atoms with Gasteiger partial charge < -0.3 is 15.2 Å². The van der Waals surface area contributed by atoms with Crippen molar-refractivity contribution in [3.63, 3.8) is 0 Å². The predicted octanol–water partition coefficient (Wildman–Crippen LogP) is 2.24.